The van der Waals surface area contributed by atoms with Gasteiger partial charge in [-0.3, -0.25) is 9.59 Å². The van der Waals surface area contributed by atoms with Gasteiger partial charge in [0.1, 0.15) is 0 Å². The predicted octanol–water partition coefficient (Wildman–Crippen LogP) is 6.64. The number of carbonyl (C=O) groups excluding carboxylic acids is 2. The van der Waals surface area contributed by atoms with E-state index in [1.54, 1.807) is 11.8 Å². The van der Waals surface area contributed by atoms with E-state index in [2.05, 4.69) is 34.1 Å². The number of likely N-dealkylation sites (tertiary alicyclic amines) is 1. The Morgan fingerprint density at radius 2 is 1.62 bits per heavy atom. The van der Waals surface area contributed by atoms with Crippen molar-refractivity contribution in [2.24, 2.45) is 0 Å². The van der Waals surface area contributed by atoms with Crippen LogP contribution in [0.1, 0.15) is 59.2 Å². The Balaban J connectivity index is 1.30. The van der Waals surface area contributed by atoms with Crippen LogP contribution in [0, 0.1) is 0 Å². The topological polar surface area (TPSA) is 43.9 Å². The Bertz CT molecular complexity index is 1350. The lowest BCUT2D eigenvalue weighted by atomic mass is 9.74. The highest BCUT2D eigenvalue weighted by molar-refractivity contribution is 6.42. The predicted molar refractivity (Wildman–Crippen MR) is 162 cm³/mol. The van der Waals surface area contributed by atoms with Gasteiger partial charge in [0.2, 0.25) is 5.91 Å². The molecule has 3 aromatic rings. The number of rotatable bonds is 7. The van der Waals surface area contributed by atoms with Gasteiger partial charge in [-0.25, -0.2) is 0 Å². The summed E-state index contributed by atoms with van der Waals surface area (Å²) in [4.78, 5) is 32.3. The minimum atomic E-state index is -0.220. The van der Waals surface area contributed by atoms with Crippen LogP contribution in [-0.2, 0) is 16.8 Å². The first-order valence-electron chi connectivity index (χ1n) is 14.1. The smallest absolute Gasteiger partial charge is 0.253 e. The average Bonchev–Trinajstić information content (AvgIpc) is 2.97. The number of amides is 2. The van der Waals surface area contributed by atoms with Crippen LogP contribution in [0.2, 0.25) is 10.0 Å². The lowest BCUT2D eigenvalue weighted by molar-refractivity contribution is -0.139. The van der Waals surface area contributed by atoms with Crippen LogP contribution in [0.5, 0.6) is 0 Å². The number of fused-ring (bicyclic) bond motifs is 2. The largest absolute Gasteiger partial charge is 0.341 e. The van der Waals surface area contributed by atoms with Gasteiger partial charge in [0.25, 0.3) is 5.91 Å². The SMILES string of the molecule is CC(=O)N1CCc2ccccc2C12CCN(CC[C@@H](CN(C)C(=O)c1ccccc1)c1ccc(Cl)c(Cl)c1)CC2. The first kappa shape index (κ1) is 28.7. The molecular formula is C33H37Cl2N3O2. The Morgan fingerprint density at radius 3 is 2.33 bits per heavy atom. The molecule has 2 heterocycles. The van der Waals surface area contributed by atoms with E-state index in [0.29, 0.717) is 22.2 Å². The van der Waals surface area contributed by atoms with Crippen molar-refractivity contribution in [2.45, 2.75) is 44.1 Å². The highest BCUT2D eigenvalue weighted by atomic mass is 35.5. The van der Waals surface area contributed by atoms with Gasteiger partial charge in [-0.05, 0) is 73.2 Å². The third-order valence-corrected chi connectivity index (χ3v) is 9.51. The molecule has 1 saturated heterocycles. The molecular weight excluding hydrogens is 541 g/mol. The molecule has 0 saturated carbocycles. The van der Waals surface area contributed by atoms with Gasteiger partial charge < -0.3 is 14.7 Å². The molecule has 3 aromatic carbocycles. The summed E-state index contributed by atoms with van der Waals surface area (Å²) in [5, 5.41) is 1.06. The molecule has 1 spiro atoms. The number of carbonyl (C=O) groups is 2. The molecule has 210 valence electrons. The number of nitrogens with zero attached hydrogens (tertiary/aromatic N) is 3. The van der Waals surface area contributed by atoms with Crippen LogP contribution in [0.4, 0.5) is 0 Å². The molecule has 1 fully saturated rings. The van der Waals surface area contributed by atoms with Crippen molar-refractivity contribution in [3.05, 3.63) is 105 Å². The van der Waals surface area contributed by atoms with Gasteiger partial charge in [-0.15, -0.1) is 0 Å². The summed E-state index contributed by atoms with van der Waals surface area (Å²) in [6, 6.07) is 23.8. The number of likely N-dealkylation sites (N-methyl/N-ethyl adjacent to an activating group) is 1. The van der Waals surface area contributed by atoms with Gasteiger partial charge in [0.05, 0.1) is 15.6 Å². The fourth-order valence-electron chi connectivity index (χ4n) is 6.61. The number of hydrogen-bond donors (Lipinski definition) is 0. The Morgan fingerprint density at radius 1 is 0.925 bits per heavy atom. The number of halogens is 2. The molecule has 1 atom stereocenters. The van der Waals surface area contributed by atoms with E-state index in [9.17, 15) is 9.59 Å². The van der Waals surface area contributed by atoms with E-state index in [0.717, 1.165) is 57.4 Å². The Labute approximate surface area is 247 Å². The van der Waals surface area contributed by atoms with Gasteiger partial charge in [0.15, 0.2) is 0 Å². The van der Waals surface area contributed by atoms with Crippen LogP contribution < -0.4 is 0 Å². The molecule has 2 aliphatic rings. The van der Waals surface area contributed by atoms with Crippen molar-refractivity contribution in [1.29, 1.82) is 0 Å². The van der Waals surface area contributed by atoms with Gasteiger partial charge >= 0.3 is 0 Å². The second-order valence-corrected chi connectivity index (χ2v) is 12.0. The van der Waals surface area contributed by atoms with Crippen molar-refractivity contribution in [3.8, 4) is 0 Å². The van der Waals surface area contributed by atoms with Gasteiger partial charge in [-0.2, -0.15) is 0 Å². The molecule has 0 aromatic heterocycles. The van der Waals surface area contributed by atoms with Crippen LogP contribution in [0.25, 0.3) is 0 Å². The maximum Gasteiger partial charge on any atom is 0.253 e. The van der Waals surface area contributed by atoms with Crippen molar-refractivity contribution >= 4 is 35.0 Å². The summed E-state index contributed by atoms with van der Waals surface area (Å²) >= 11 is 12.6. The zero-order chi connectivity index (χ0) is 28.3. The molecule has 0 aliphatic carbocycles. The Hall–Kier alpha value is -2.86. The molecule has 0 unspecified atom stereocenters. The summed E-state index contributed by atoms with van der Waals surface area (Å²) in [5.41, 5.74) is 4.24. The fraction of sp³-hybridized carbons (Fsp3) is 0.394. The first-order chi connectivity index (χ1) is 19.3. The lowest BCUT2D eigenvalue weighted by Gasteiger charge is -2.52. The molecule has 5 rings (SSSR count). The number of benzene rings is 3. The summed E-state index contributed by atoms with van der Waals surface area (Å²) in [6.07, 6.45) is 3.65. The highest BCUT2D eigenvalue weighted by Crippen LogP contribution is 2.43. The van der Waals surface area contributed by atoms with Crippen LogP contribution in [-0.4, -0.2) is 66.3 Å². The monoisotopic (exact) mass is 577 g/mol. The molecule has 7 heteroatoms. The normalized spacial score (nSPS) is 17.4. The minimum Gasteiger partial charge on any atom is -0.341 e. The third kappa shape index (κ3) is 5.93. The van der Waals surface area contributed by atoms with E-state index < -0.39 is 0 Å². The molecule has 2 aliphatic heterocycles. The zero-order valence-electron chi connectivity index (χ0n) is 23.3. The zero-order valence-corrected chi connectivity index (χ0v) is 24.8. The average molecular weight is 579 g/mol. The quantitative estimate of drug-likeness (QED) is 0.316. The number of hydrogen-bond acceptors (Lipinski definition) is 3. The van der Waals surface area contributed by atoms with E-state index >= 15 is 0 Å². The van der Waals surface area contributed by atoms with E-state index in [4.69, 9.17) is 23.2 Å². The molecule has 5 nitrogen and oxygen atoms in total. The fourth-order valence-corrected chi connectivity index (χ4v) is 6.92. The van der Waals surface area contributed by atoms with Crippen molar-refractivity contribution in [2.75, 3.05) is 39.8 Å². The van der Waals surface area contributed by atoms with E-state index in [-0.39, 0.29) is 23.3 Å². The van der Waals surface area contributed by atoms with Gasteiger partial charge in [-0.1, -0.05) is 71.7 Å². The molecule has 0 radical (unpaired) electrons. The van der Waals surface area contributed by atoms with Crippen LogP contribution >= 0.6 is 23.2 Å². The van der Waals surface area contributed by atoms with Gasteiger partial charge in [0, 0.05) is 51.6 Å². The van der Waals surface area contributed by atoms with Crippen LogP contribution in [0.15, 0.2) is 72.8 Å². The van der Waals surface area contributed by atoms with Crippen molar-refractivity contribution in [3.63, 3.8) is 0 Å². The lowest BCUT2D eigenvalue weighted by Crippen LogP contribution is -2.57. The van der Waals surface area contributed by atoms with Crippen molar-refractivity contribution in [1.82, 2.24) is 14.7 Å². The summed E-state index contributed by atoms with van der Waals surface area (Å²) in [7, 11) is 1.86. The maximum absolute atomic E-state index is 13.1. The summed E-state index contributed by atoms with van der Waals surface area (Å²) in [5.74, 6) is 0.270. The minimum absolute atomic E-state index is 0.00543. The second-order valence-electron chi connectivity index (χ2n) is 11.2. The van der Waals surface area contributed by atoms with Crippen LogP contribution in [0.3, 0.4) is 0 Å². The number of piperidine rings is 1. The standard InChI is InChI=1S/C33H37Cl2N3O2/c1-24(39)38-19-15-25-8-6-7-11-29(25)33(38)16-20-37(21-17-33)18-14-28(27-12-13-30(34)31(35)22-27)23-36(2)32(40)26-9-4-3-5-10-26/h3-13,22,28H,14-21,23H2,1-2H3/t28-/m0/s1. The second kappa shape index (κ2) is 12.3. The maximum atomic E-state index is 13.1. The molecule has 2 amide bonds. The summed E-state index contributed by atoms with van der Waals surface area (Å²) in [6.45, 7) is 5.81. The van der Waals surface area contributed by atoms with Crippen molar-refractivity contribution < 1.29 is 9.59 Å². The Kier molecular flexibility index (Phi) is 8.84. The first-order valence-corrected chi connectivity index (χ1v) is 14.9. The summed E-state index contributed by atoms with van der Waals surface area (Å²) < 4.78 is 0. The van der Waals surface area contributed by atoms with E-state index in [1.165, 1.54) is 11.1 Å². The molecule has 40 heavy (non-hydrogen) atoms. The molecule has 0 N–H and O–H groups in total. The van der Waals surface area contributed by atoms with E-state index in [1.807, 2.05) is 55.6 Å². The molecule has 0 bridgehead atoms. The highest BCUT2D eigenvalue weighted by Gasteiger charge is 2.45. The third-order valence-electron chi connectivity index (χ3n) is 8.77.